The molecule has 3 nitrogen and oxygen atoms in total. The van der Waals surface area contributed by atoms with E-state index in [-0.39, 0.29) is 18.3 Å². The van der Waals surface area contributed by atoms with E-state index < -0.39 is 5.41 Å². The van der Waals surface area contributed by atoms with Gasteiger partial charge in [-0.1, -0.05) is 22.0 Å². The van der Waals surface area contributed by atoms with Crippen LogP contribution in [0.4, 0.5) is 4.39 Å². The van der Waals surface area contributed by atoms with Gasteiger partial charge < -0.3 is 4.84 Å². The lowest BCUT2D eigenvalue weighted by Gasteiger charge is -2.16. The summed E-state index contributed by atoms with van der Waals surface area (Å²) in [5, 5.41) is 0. The van der Waals surface area contributed by atoms with Gasteiger partial charge in [-0.2, -0.15) is 0 Å². The van der Waals surface area contributed by atoms with Gasteiger partial charge in [0.15, 0.2) is 0 Å². The van der Waals surface area contributed by atoms with Gasteiger partial charge in [0.1, 0.15) is 5.82 Å². The lowest BCUT2D eigenvalue weighted by Crippen LogP contribution is -2.29. The molecule has 1 aromatic rings. The van der Waals surface area contributed by atoms with Gasteiger partial charge in [-0.25, -0.2) is 9.18 Å². The van der Waals surface area contributed by atoms with Crippen LogP contribution >= 0.6 is 15.9 Å². The van der Waals surface area contributed by atoms with Crippen LogP contribution in [0.25, 0.3) is 0 Å². The molecule has 0 atom stereocenters. The minimum Gasteiger partial charge on any atom is -0.370 e. The fourth-order valence-electron chi connectivity index (χ4n) is 0.998. The Morgan fingerprint density at radius 2 is 2.12 bits per heavy atom. The van der Waals surface area contributed by atoms with E-state index in [9.17, 15) is 9.18 Å². The van der Waals surface area contributed by atoms with Gasteiger partial charge in [-0.3, -0.25) is 0 Å². The molecule has 0 spiro atoms. The van der Waals surface area contributed by atoms with Crippen molar-refractivity contribution in [3.05, 3.63) is 34.1 Å². The van der Waals surface area contributed by atoms with Crippen LogP contribution in [-0.4, -0.2) is 5.97 Å². The minimum atomic E-state index is -0.578. The summed E-state index contributed by atoms with van der Waals surface area (Å²) in [6, 6.07) is 4.71. The molecule has 0 radical (unpaired) electrons. The third-order valence-corrected chi connectivity index (χ3v) is 2.55. The van der Waals surface area contributed by atoms with Crippen LogP contribution in [0.1, 0.15) is 26.3 Å². The summed E-state index contributed by atoms with van der Waals surface area (Å²) in [7, 11) is 0. The van der Waals surface area contributed by atoms with Crippen LogP contribution < -0.4 is 5.48 Å². The van der Waals surface area contributed by atoms with E-state index >= 15 is 0 Å². The number of carbonyl (C=O) groups excluding carboxylic acids is 1. The number of hydroxylamine groups is 1. The molecular weight excluding hydrogens is 289 g/mol. The maximum absolute atomic E-state index is 13.4. The average Bonchev–Trinajstić information content (AvgIpc) is 2.19. The summed E-state index contributed by atoms with van der Waals surface area (Å²) in [6.07, 6.45) is 0. The second kappa shape index (κ2) is 5.60. The van der Waals surface area contributed by atoms with Crippen LogP contribution in [0.3, 0.4) is 0 Å². The molecular formula is C12H15BrFNO2. The third-order valence-electron chi connectivity index (χ3n) is 2.05. The molecule has 0 saturated heterocycles. The average molecular weight is 304 g/mol. The molecule has 0 amide bonds. The van der Waals surface area contributed by atoms with Gasteiger partial charge >= 0.3 is 5.97 Å². The Bertz CT molecular complexity index is 415. The zero-order valence-electron chi connectivity index (χ0n) is 10.0. The highest BCUT2D eigenvalue weighted by atomic mass is 79.9. The van der Waals surface area contributed by atoms with E-state index in [2.05, 4.69) is 21.4 Å². The molecule has 0 aliphatic carbocycles. The minimum absolute atomic E-state index is 0.140. The molecule has 0 heterocycles. The Morgan fingerprint density at radius 1 is 1.47 bits per heavy atom. The summed E-state index contributed by atoms with van der Waals surface area (Å²) in [5.41, 5.74) is 2.33. The third kappa shape index (κ3) is 4.44. The maximum Gasteiger partial charge on any atom is 0.329 e. The van der Waals surface area contributed by atoms with Crippen molar-refractivity contribution in [2.75, 3.05) is 0 Å². The lowest BCUT2D eigenvalue weighted by molar-refractivity contribution is -0.161. The van der Waals surface area contributed by atoms with Crippen molar-refractivity contribution in [1.82, 2.24) is 5.48 Å². The molecule has 1 rings (SSSR count). The number of benzene rings is 1. The maximum atomic E-state index is 13.4. The van der Waals surface area contributed by atoms with E-state index in [1.54, 1.807) is 32.9 Å². The highest BCUT2D eigenvalue weighted by Gasteiger charge is 2.23. The van der Waals surface area contributed by atoms with E-state index in [0.717, 1.165) is 0 Å². The van der Waals surface area contributed by atoms with Crippen molar-refractivity contribution in [2.24, 2.45) is 5.41 Å². The predicted octanol–water partition coefficient (Wildman–Crippen LogP) is 3.18. The molecule has 1 aromatic carbocycles. The SMILES string of the molecule is CC(C)(C)C(=O)ONCc1ccc(Br)cc1F. The Hall–Kier alpha value is -0.940. The summed E-state index contributed by atoms with van der Waals surface area (Å²) in [4.78, 5) is 16.2. The first kappa shape index (κ1) is 14.1. The number of hydrogen-bond donors (Lipinski definition) is 1. The topological polar surface area (TPSA) is 38.3 Å². The van der Waals surface area contributed by atoms with Crippen molar-refractivity contribution >= 4 is 21.9 Å². The predicted molar refractivity (Wildman–Crippen MR) is 66.5 cm³/mol. The van der Waals surface area contributed by atoms with Gasteiger partial charge in [0.25, 0.3) is 0 Å². The number of nitrogens with one attached hydrogen (secondary N) is 1. The van der Waals surface area contributed by atoms with Gasteiger partial charge in [-0.15, -0.1) is 5.48 Å². The molecule has 0 bridgehead atoms. The number of carbonyl (C=O) groups is 1. The fourth-order valence-corrected chi connectivity index (χ4v) is 1.33. The number of hydrogen-bond acceptors (Lipinski definition) is 3. The molecule has 0 fully saturated rings. The molecule has 0 aromatic heterocycles. The number of halogens is 2. The first-order valence-electron chi connectivity index (χ1n) is 5.19. The molecule has 1 N–H and O–H groups in total. The summed E-state index contributed by atoms with van der Waals surface area (Å²) in [6.45, 7) is 5.38. The molecule has 0 aliphatic rings. The van der Waals surface area contributed by atoms with Gasteiger partial charge in [0.05, 0.1) is 12.0 Å². The lowest BCUT2D eigenvalue weighted by atomic mass is 9.98. The Labute approximate surface area is 108 Å². The Kier molecular flexibility index (Phi) is 4.65. The highest BCUT2D eigenvalue weighted by Crippen LogP contribution is 2.16. The second-order valence-electron chi connectivity index (χ2n) is 4.70. The van der Waals surface area contributed by atoms with Crippen molar-refractivity contribution in [3.63, 3.8) is 0 Å². The van der Waals surface area contributed by atoms with Gasteiger partial charge in [-0.05, 0) is 32.9 Å². The highest BCUT2D eigenvalue weighted by molar-refractivity contribution is 9.10. The van der Waals surface area contributed by atoms with E-state index in [1.165, 1.54) is 6.07 Å². The molecule has 17 heavy (non-hydrogen) atoms. The molecule has 0 unspecified atom stereocenters. The quantitative estimate of drug-likeness (QED) is 0.872. The van der Waals surface area contributed by atoms with Crippen molar-refractivity contribution < 1.29 is 14.0 Å². The van der Waals surface area contributed by atoms with Crippen LogP contribution in [-0.2, 0) is 16.2 Å². The normalized spacial score (nSPS) is 11.4. The molecule has 5 heteroatoms. The summed E-state index contributed by atoms with van der Waals surface area (Å²) >= 11 is 3.17. The monoisotopic (exact) mass is 303 g/mol. The number of rotatable bonds is 3. The summed E-state index contributed by atoms with van der Waals surface area (Å²) < 4.78 is 14.1. The smallest absolute Gasteiger partial charge is 0.329 e. The standard InChI is InChI=1S/C12H15BrFNO2/c1-12(2,3)11(16)17-15-7-8-4-5-9(13)6-10(8)14/h4-6,15H,7H2,1-3H3. The van der Waals surface area contributed by atoms with E-state index in [1.807, 2.05) is 0 Å². The van der Waals surface area contributed by atoms with Gasteiger partial charge in [0, 0.05) is 10.0 Å². The van der Waals surface area contributed by atoms with Crippen molar-refractivity contribution in [3.8, 4) is 0 Å². The fraction of sp³-hybridized carbons (Fsp3) is 0.417. The van der Waals surface area contributed by atoms with Crippen molar-refractivity contribution in [2.45, 2.75) is 27.3 Å². The second-order valence-corrected chi connectivity index (χ2v) is 5.61. The van der Waals surface area contributed by atoms with Crippen LogP contribution in [0.5, 0.6) is 0 Å². The van der Waals surface area contributed by atoms with E-state index in [4.69, 9.17) is 4.84 Å². The first-order valence-corrected chi connectivity index (χ1v) is 5.98. The molecule has 94 valence electrons. The Balaban J connectivity index is 2.49. The van der Waals surface area contributed by atoms with Gasteiger partial charge in [0.2, 0.25) is 0 Å². The van der Waals surface area contributed by atoms with Crippen LogP contribution in [0, 0.1) is 11.2 Å². The van der Waals surface area contributed by atoms with Crippen LogP contribution in [0.2, 0.25) is 0 Å². The largest absolute Gasteiger partial charge is 0.370 e. The zero-order valence-corrected chi connectivity index (χ0v) is 11.6. The van der Waals surface area contributed by atoms with Crippen LogP contribution in [0.15, 0.2) is 22.7 Å². The summed E-state index contributed by atoms with van der Waals surface area (Å²) in [5.74, 6) is -0.728. The van der Waals surface area contributed by atoms with E-state index in [0.29, 0.717) is 10.0 Å². The molecule has 0 saturated carbocycles. The first-order chi connectivity index (χ1) is 7.80. The van der Waals surface area contributed by atoms with Crippen molar-refractivity contribution in [1.29, 1.82) is 0 Å². The Morgan fingerprint density at radius 3 is 2.65 bits per heavy atom. The molecule has 0 aliphatic heterocycles. The zero-order chi connectivity index (χ0) is 13.1.